The summed E-state index contributed by atoms with van der Waals surface area (Å²) < 4.78 is 0. The topological polar surface area (TPSA) is 63.1 Å². The molecule has 2 N–H and O–H groups in total. The van der Waals surface area contributed by atoms with Gasteiger partial charge >= 0.3 is 0 Å². The molecule has 0 saturated heterocycles. The average molecular weight is 86.1 g/mol. The van der Waals surface area contributed by atoms with Gasteiger partial charge in [-0.2, -0.15) is 5.11 Å². The Labute approximate surface area is 35.8 Å². The molecule has 0 spiro atoms. The van der Waals surface area contributed by atoms with Crippen LogP contribution in [0.3, 0.4) is 0 Å². The van der Waals surface area contributed by atoms with Crippen molar-refractivity contribution in [2.45, 2.75) is 0 Å². The van der Waals surface area contributed by atoms with Crippen LogP contribution < -0.4 is 5.73 Å². The first-order valence-electron chi connectivity index (χ1n) is 1.44. The van der Waals surface area contributed by atoms with Crippen LogP contribution in [0, 0.1) is 0 Å². The molecular formula is C2H6N4. The van der Waals surface area contributed by atoms with E-state index in [1.54, 1.807) is 0 Å². The monoisotopic (exact) mass is 86.1 g/mol. The maximum absolute atomic E-state index is 4.77. The van der Waals surface area contributed by atoms with Crippen LogP contribution in [-0.4, -0.2) is 13.4 Å². The van der Waals surface area contributed by atoms with Crippen molar-refractivity contribution in [3.63, 3.8) is 0 Å². The Balaban J connectivity index is 3.07. The molecule has 4 heteroatoms. The molecule has 0 amide bonds. The van der Waals surface area contributed by atoms with Gasteiger partial charge in [0.25, 0.3) is 0 Å². The summed E-state index contributed by atoms with van der Waals surface area (Å²) in [6, 6.07) is 0. The third kappa shape index (κ3) is 3.07. The summed E-state index contributed by atoms with van der Waals surface area (Å²) in [6.45, 7) is 0. The maximum atomic E-state index is 4.77. The highest BCUT2D eigenvalue weighted by atomic mass is 15.4. The fourth-order valence-corrected chi connectivity index (χ4v) is 0.0815. The van der Waals surface area contributed by atoms with E-state index in [-0.39, 0.29) is 0 Å². The lowest BCUT2D eigenvalue weighted by molar-refractivity contribution is 1.02. The third-order valence-corrected chi connectivity index (χ3v) is 0.208. The highest BCUT2D eigenvalue weighted by molar-refractivity contribution is 5.50. The molecule has 0 aromatic heterocycles. The molecule has 0 aromatic rings. The third-order valence-electron chi connectivity index (χ3n) is 0.208. The molecule has 0 aliphatic heterocycles. The van der Waals surface area contributed by atoms with Crippen LogP contribution in [0.1, 0.15) is 0 Å². The Hall–Kier alpha value is -0.930. The Bertz CT molecular complexity index is 53.9. The summed E-state index contributed by atoms with van der Waals surface area (Å²) in [5, 5.41) is 9.63. The lowest BCUT2D eigenvalue weighted by atomic mass is 11.4. The van der Waals surface area contributed by atoms with Crippen molar-refractivity contribution >= 4 is 6.34 Å². The van der Waals surface area contributed by atoms with Crippen LogP contribution in [0.4, 0.5) is 0 Å². The molecule has 0 rings (SSSR count). The van der Waals surface area contributed by atoms with Crippen LogP contribution in [0.5, 0.6) is 0 Å². The second-order valence-corrected chi connectivity index (χ2v) is 0.554. The second kappa shape index (κ2) is 4.07. The predicted molar refractivity (Wildman–Crippen MR) is 23.5 cm³/mol. The van der Waals surface area contributed by atoms with Gasteiger partial charge in [-0.25, -0.2) is 0 Å². The fraction of sp³-hybridized carbons (Fsp3) is 0.500. The molecule has 34 valence electrons. The smallest absolute Gasteiger partial charge is 0.110 e. The highest BCUT2D eigenvalue weighted by Gasteiger charge is 1.48. The van der Waals surface area contributed by atoms with E-state index < -0.39 is 0 Å². The summed E-state index contributed by atoms with van der Waals surface area (Å²) >= 11 is 0. The van der Waals surface area contributed by atoms with Crippen molar-refractivity contribution in [2.75, 3.05) is 7.05 Å². The first-order valence-corrected chi connectivity index (χ1v) is 1.44. The minimum atomic E-state index is 1.08. The van der Waals surface area contributed by atoms with Crippen molar-refractivity contribution in [3.8, 4) is 0 Å². The SMILES string of the molecule is CN=N/N=C\N. The van der Waals surface area contributed by atoms with Gasteiger partial charge in [0.1, 0.15) is 6.34 Å². The molecule has 0 fully saturated rings. The molecule has 0 heterocycles. The Morgan fingerprint density at radius 2 is 2.33 bits per heavy atom. The van der Waals surface area contributed by atoms with Crippen molar-refractivity contribution in [2.24, 2.45) is 21.2 Å². The molecule has 0 aliphatic rings. The molecule has 4 nitrogen and oxygen atoms in total. The number of nitrogens with two attached hydrogens (primary N) is 1. The first kappa shape index (κ1) is 5.07. The summed E-state index contributed by atoms with van der Waals surface area (Å²) in [4.78, 5) is 0. The molecule has 0 aromatic carbocycles. The summed E-state index contributed by atoms with van der Waals surface area (Å²) in [5.74, 6) is 0. The standard InChI is InChI=1S/C2H6N4/c1-4-6-5-2-3/h2H,1H3,(H2,3,4,5). The van der Waals surface area contributed by atoms with Crippen molar-refractivity contribution in [1.82, 2.24) is 0 Å². The number of rotatable bonds is 1. The molecule has 0 aliphatic carbocycles. The van der Waals surface area contributed by atoms with E-state index in [1.807, 2.05) is 0 Å². The predicted octanol–water partition coefficient (Wildman–Crippen LogP) is -0.0296. The van der Waals surface area contributed by atoms with Gasteiger partial charge in [0.2, 0.25) is 0 Å². The fourth-order valence-electron chi connectivity index (χ4n) is 0.0815. The molecule has 0 saturated carbocycles. The van der Waals surface area contributed by atoms with Gasteiger partial charge in [-0.05, 0) is 5.22 Å². The van der Waals surface area contributed by atoms with Crippen LogP contribution >= 0.6 is 0 Å². The largest absolute Gasteiger partial charge is 0.388 e. The zero-order chi connectivity index (χ0) is 4.83. The molecular weight excluding hydrogens is 80.0 g/mol. The zero-order valence-corrected chi connectivity index (χ0v) is 3.50. The van der Waals surface area contributed by atoms with E-state index in [0.717, 1.165) is 6.34 Å². The van der Waals surface area contributed by atoms with Crippen molar-refractivity contribution in [3.05, 3.63) is 0 Å². The van der Waals surface area contributed by atoms with E-state index in [0.29, 0.717) is 0 Å². The molecule has 0 atom stereocenters. The molecule has 0 radical (unpaired) electrons. The lowest BCUT2D eigenvalue weighted by Crippen LogP contribution is -1.84. The highest BCUT2D eigenvalue weighted by Crippen LogP contribution is 1.63. The van der Waals surface area contributed by atoms with Crippen LogP contribution in [0.15, 0.2) is 15.4 Å². The lowest BCUT2D eigenvalue weighted by Gasteiger charge is -1.64. The Morgan fingerprint density at radius 3 is 2.50 bits per heavy atom. The molecule has 6 heavy (non-hydrogen) atoms. The van der Waals surface area contributed by atoms with Gasteiger partial charge in [-0.3, -0.25) is 0 Å². The zero-order valence-electron chi connectivity index (χ0n) is 3.50. The van der Waals surface area contributed by atoms with Gasteiger partial charge in [-0.1, -0.05) is 0 Å². The first-order chi connectivity index (χ1) is 2.91. The second-order valence-electron chi connectivity index (χ2n) is 0.554. The number of nitrogens with zero attached hydrogens (tertiary/aromatic N) is 3. The van der Waals surface area contributed by atoms with Crippen LogP contribution in [0.2, 0.25) is 0 Å². The number of hydrogen-bond acceptors (Lipinski definition) is 2. The average Bonchev–Trinajstić information content (AvgIpc) is 1.61. The van der Waals surface area contributed by atoms with Gasteiger partial charge in [0.15, 0.2) is 0 Å². The Morgan fingerprint density at radius 1 is 1.67 bits per heavy atom. The molecule has 0 unspecified atom stereocenters. The quantitative estimate of drug-likeness (QED) is 0.207. The van der Waals surface area contributed by atoms with E-state index >= 15 is 0 Å². The minimum absolute atomic E-state index is 1.08. The van der Waals surface area contributed by atoms with Gasteiger partial charge in [0, 0.05) is 0 Å². The van der Waals surface area contributed by atoms with Crippen molar-refractivity contribution < 1.29 is 0 Å². The summed E-state index contributed by atoms with van der Waals surface area (Å²) in [7, 11) is 1.52. The van der Waals surface area contributed by atoms with E-state index in [9.17, 15) is 0 Å². The van der Waals surface area contributed by atoms with E-state index in [1.165, 1.54) is 7.05 Å². The van der Waals surface area contributed by atoms with E-state index in [2.05, 4.69) is 15.4 Å². The van der Waals surface area contributed by atoms with Crippen molar-refractivity contribution in [1.29, 1.82) is 0 Å². The Kier molecular flexibility index (Phi) is 3.44. The van der Waals surface area contributed by atoms with Gasteiger partial charge in [0.05, 0.1) is 7.05 Å². The van der Waals surface area contributed by atoms with Gasteiger partial charge in [-0.15, -0.1) is 5.10 Å². The molecule has 0 bridgehead atoms. The van der Waals surface area contributed by atoms with Gasteiger partial charge < -0.3 is 5.73 Å². The van der Waals surface area contributed by atoms with E-state index in [4.69, 9.17) is 5.73 Å². The minimum Gasteiger partial charge on any atom is -0.388 e. The summed E-state index contributed by atoms with van der Waals surface area (Å²) in [6.07, 6.45) is 1.08. The summed E-state index contributed by atoms with van der Waals surface area (Å²) in [5.41, 5.74) is 4.77. The van der Waals surface area contributed by atoms with Crippen LogP contribution in [0.25, 0.3) is 0 Å². The number of hydrogen-bond donors (Lipinski definition) is 1. The maximum Gasteiger partial charge on any atom is 0.110 e. The normalized spacial score (nSPS) is 11.5. The van der Waals surface area contributed by atoms with Crippen LogP contribution in [-0.2, 0) is 0 Å².